The maximum absolute atomic E-state index is 5.80. The Kier molecular flexibility index (Phi) is 4.62. The van der Waals surface area contributed by atoms with Gasteiger partial charge in [-0.05, 0) is 32.9 Å². The Labute approximate surface area is 99.7 Å². The molecule has 1 saturated carbocycles. The third-order valence-electron chi connectivity index (χ3n) is 3.78. The molecule has 2 aliphatic rings. The van der Waals surface area contributed by atoms with Crippen LogP contribution in [-0.2, 0) is 4.74 Å². The van der Waals surface area contributed by atoms with Gasteiger partial charge in [-0.15, -0.1) is 0 Å². The summed E-state index contributed by atoms with van der Waals surface area (Å²) in [6.45, 7) is 5.56. The molecule has 1 atom stereocenters. The van der Waals surface area contributed by atoms with Gasteiger partial charge in [-0.2, -0.15) is 0 Å². The fourth-order valence-corrected chi connectivity index (χ4v) is 3.02. The van der Waals surface area contributed by atoms with Crippen LogP contribution >= 0.6 is 0 Å². The predicted octanol–water partition coefficient (Wildman–Crippen LogP) is 1.44. The van der Waals surface area contributed by atoms with Crippen LogP contribution in [0.2, 0.25) is 0 Å². The zero-order valence-electron chi connectivity index (χ0n) is 10.8. The molecule has 0 radical (unpaired) electrons. The van der Waals surface area contributed by atoms with Gasteiger partial charge in [-0.3, -0.25) is 4.90 Å². The van der Waals surface area contributed by atoms with Gasteiger partial charge in [0, 0.05) is 26.2 Å². The lowest BCUT2D eigenvalue weighted by atomic mass is 10.1. The Morgan fingerprint density at radius 3 is 2.69 bits per heavy atom. The molecular weight excluding hydrogens is 200 g/mol. The first-order valence-corrected chi connectivity index (χ1v) is 6.72. The van der Waals surface area contributed by atoms with E-state index in [1.54, 1.807) is 0 Å². The summed E-state index contributed by atoms with van der Waals surface area (Å²) in [5.74, 6) is 0.970. The summed E-state index contributed by atoms with van der Waals surface area (Å²) in [6.07, 6.45) is 6.24. The first-order chi connectivity index (χ1) is 7.74. The van der Waals surface area contributed by atoms with E-state index in [4.69, 9.17) is 4.74 Å². The zero-order valence-corrected chi connectivity index (χ0v) is 10.8. The maximum atomic E-state index is 5.80. The Morgan fingerprint density at radius 1 is 1.25 bits per heavy atom. The van der Waals surface area contributed by atoms with E-state index in [9.17, 15) is 0 Å². The third-order valence-corrected chi connectivity index (χ3v) is 3.78. The molecule has 16 heavy (non-hydrogen) atoms. The molecule has 3 nitrogen and oxygen atoms in total. The molecule has 0 amide bonds. The molecule has 3 heteroatoms. The molecule has 1 aliphatic heterocycles. The minimum atomic E-state index is 0.421. The van der Waals surface area contributed by atoms with Crippen molar-refractivity contribution in [1.82, 2.24) is 9.80 Å². The highest BCUT2D eigenvalue weighted by molar-refractivity contribution is 4.77. The second kappa shape index (κ2) is 5.99. The van der Waals surface area contributed by atoms with Crippen molar-refractivity contribution < 1.29 is 4.74 Å². The second-order valence-corrected chi connectivity index (χ2v) is 5.67. The van der Waals surface area contributed by atoms with Gasteiger partial charge < -0.3 is 9.64 Å². The first-order valence-electron chi connectivity index (χ1n) is 6.72. The van der Waals surface area contributed by atoms with Crippen molar-refractivity contribution in [2.75, 3.05) is 46.9 Å². The lowest BCUT2D eigenvalue weighted by Gasteiger charge is -2.35. The summed E-state index contributed by atoms with van der Waals surface area (Å²) >= 11 is 0. The number of likely N-dealkylation sites (N-methyl/N-ethyl adjacent to an activating group) is 1. The number of nitrogens with zero attached hydrogens (tertiary/aromatic N) is 2. The van der Waals surface area contributed by atoms with Gasteiger partial charge in [0.15, 0.2) is 0 Å². The second-order valence-electron chi connectivity index (χ2n) is 5.67. The number of ether oxygens (including phenoxy) is 1. The van der Waals surface area contributed by atoms with E-state index in [1.165, 1.54) is 32.2 Å². The summed E-state index contributed by atoms with van der Waals surface area (Å²) in [5, 5.41) is 0. The highest BCUT2D eigenvalue weighted by atomic mass is 16.5. The highest BCUT2D eigenvalue weighted by Gasteiger charge is 2.24. The van der Waals surface area contributed by atoms with Gasteiger partial charge >= 0.3 is 0 Å². The summed E-state index contributed by atoms with van der Waals surface area (Å²) in [6, 6.07) is 0. The van der Waals surface area contributed by atoms with Crippen molar-refractivity contribution in [3.05, 3.63) is 0 Å². The summed E-state index contributed by atoms with van der Waals surface area (Å²) in [4.78, 5) is 4.84. The molecule has 1 heterocycles. The number of rotatable bonds is 4. The van der Waals surface area contributed by atoms with Crippen molar-refractivity contribution in [2.45, 2.75) is 31.8 Å². The minimum Gasteiger partial charge on any atom is -0.374 e. The Morgan fingerprint density at radius 2 is 2.00 bits per heavy atom. The van der Waals surface area contributed by atoms with E-state index < -0.39 is 0 Å². The lowest BCUT2D eigenvalue weighted by molar-refractivity contribution is -0.0418. The molecule has 0 bridgehead atoms. The van der Waals surface area contributed by atoms with Gasteiger partial charge in [0.2, 0.25) is 0 Å². The van der Waals surface area contributed by atoms with E-state index in [0.717, 1.165) is 32.2 Å². The smallest absolute Gasteiger partial charge is 0.0829 e. The molecule has 0 N–H and O–H groups in total. The quantitative estimate of drug-likeness (QED) is 0.721. The van der Waals surface area contributed by atoms with Crippen LogP contribution in [0.4, 0.5) is 0 Å². The number of morpholine rings is 1. The van der Waals surface area contributed by atoms with Gasteiger partial charge in [0.05, 0.1) is 12.7 Å². The summed E-state index contributed by atoms with van der Waals surface area (Å²) < 4.78 is 5.80. The monoisotopic (exact) mass is 226 g/mol. The van der Waals surface area contributed by atoms with Crippen LogP contribution in [-0.4, -0.2) is 62.8 Å². The van der Waals surface area contributed by atoms with Crippen LogP contribution in [0.1, 0.15) is 25.7 Å². The molecule has 0 aromatic rings. The number of hydrogen-bond acceptors (Lipinski definition) is 3. The average Bonchev–Trinajstić information content (AvgIpc) is 2.70. The molecule has 0 aromatic carbocycles. The van der Waals surface area contributed by atoms with E-state index in [1.807, 2.05) is 0 Å². The van der Waals surface area contributed by atoms with Crippen molar-refractivity contribution >= 4 is 0 Å². The predicted molar refractivity (Wildman–Crippen MR) is 66.7 cm³/mol. The molecule has 2 rings (SSSR count). The molecule has 1 saturated heterocycles. The van der Waals surface area contributed by atoms with E-state index in [2.05, 4.69) is 23.9 Å². The van der Waals surface area contributed by atoms with Crippen LogP contribution in [0, 0.1) is 5.92 Å². The first kappa shape index (κ1) is 12.3. The van der Waals surface area contributed by atoms with Crippen LogP contribution in [0.3, 0.4) is 0 Å². The van der Waals surface area contributed by atoms with Crippen LogP contribution in [0.25, 0.3) is 0 Å². The van der Waals surface area contributed by atoms with Crippen molar-refractivity contribution in [1.29, 1.82) is 0 Å². The molecule has 2 fully saturated rings. The largest absolute Gasteiger partial charge is 0.374 e. The van der Waals surface area contributed by atoms with Crippen molar-refractivity contribution in [2.24, 2.45) is 5.92 Å². The molecule has 1 aliphatic carbocycles. The van der Waals surface area contributed by atoms with Gasteiger partial charge in [-0.25, -0.2) is 0 Å². The standard InChI is InChI=1S/C13H26N2O/c1-14(2)10-13-11-15(7-8-16-13)9-12-5-3-4-6-12/h12-13H,3-11H2,1-2H3. The van der Waals surface area contributed by atoms with Gasteiger partial charge in [0.25, 0.3) is 0 Å². The minimum absolute atomic E-state index is 0.421. The highest BCUT2D eigenvalue weighted by Crippen LogP contribution is 2.26. The zero-order chi connectivity index (χ0) is 11.4. The summed E-state index contributed by atoms with van der Waals surface area (Å²) in [5.41, 5.74) is 0. The number of hydrogen-bond donors (Lipinski definition) is 0. The van der Waals surface area contributed by atoms with E-state index >= 15 is 0 Å². The Bertz CT molecular complexity index is 202. The molecule has 94 valence electrons. The van der Waals surface area contributed by atoms with E-state index in [0.29, 0.717) is 6.10 Å². The van der Waals surface area contributed by atoms with E-state index in [-0.39, 0.29) is 0 Å². The van der Waals surface area contributed by atoms with Crippen LogP contribution < -0.4 is 0 Å². The lowest BCUT2D eigenvalue weighted by Crippen LogP contribution is -2.47. The Balaban J connectivity index is 1.72. The van der Waals surface area contributed by atoms with Gasteiger partial charge in [-0.1, -0.05) is 12.8 Å². The normalized spacial score (nSPS) is 29.1. The molecule has 1 unspecified atom stereocenters. The fourth-order valence-electron chi connectivity index (χ4n) is 3.02. The van der Waals surface area contributed by atoms with Gasteiger partial charge in [0.1, 0.15) is 0 Å². The van der Waals surface area contributed by atoms with Crippen molar-refractivity contribution in [3.63, 3.8) is 0 Å². The Hall–Kier alpha value is -0.120. The fraction of sp³-hybridized carbons (Fsp3) is 1.00. The van der Waals surface area contributed by atoms with Crippen LogP contribution in [0.15, 0.2) is 0 Å². The maximum Gasteiger partial charge on any atom is 0.0829 e. The van der Waals surface area contributed by atoms with Crippen molar-refractivity contribution in [3.8, 4) is 0 Å². The summed E-state index contributed by atoms with van der Waals surface area (Å²) in [7, 11) is 4.25. The van der Waals surface area contributed by atoms with Crippen LogP contribution in [0.5, 0.6) is 0 Å². The SMILES string of the molecule is CN(C)CC1CN(CC2CCCC2)CCO1. The third kappa shape index (κ3) is 3.72. The molecule has 0 spiro atoms. The molecular formula is C13H26N2O. The topological polar surface area (TPSA) is 15.7 Å². The molecule has 0 aromatic heterocycles. The average molecular weight is 226 g/mol.